The van der Waals surface area contributed by atoms with E-state index in [9.17, 15) is 0 Å². The molecule has 3 rings (SSSR count). The van der Waals surface area contributed by atoms with Crippen LogP contribution < -0.4 is 14.4 Å². The molecule has 1 aromatic carbocycles. The number of likely N-dealkylation sites (N-methyl/N-ethyl adjacent to an activating group) is 1. The normalized spacial score (nSPS) is 17.3. The van der Waals surface area contributed by atoms with Crippen molar-refractivity contribution in [1.29, 1.82) is 0 Å². The molecule has 1 saturated heterocycles. The van der Waals surface area contributed by atoms with Gasteiger partial charge in [0.2, 0.25) is 0 Å². The Morgan fingerprint density at radius 1 is 1.21 bits per heavy atom. The molecular weight excluding hydrogens is 302 g/mol. The number of benzene rings is 1. The van der Waals surface area contributed by atoms with E-state index >= 15 is 0 Å². The van der Waals surface area contributed by atoms with Crippen LogP contribution >= 0.6 is 0 Å². The Kier molecular flexibility index (Phi) is 5.20. The summed E-state index contributed by atoms with van der Waals surface area (Å²) >= 11 is 0. The van der Waals surface area contributed by atoms with Gasteiger partial charge < -0.3 is 14.4 Å². The predicted molar refractivity (Wildman–Crippen MR) is 95.9 cm³/mol. The lowest BCUT2D eigenvalue weighted by molar-refractivity contribution is 0.250. The maximum Gasteiger partial charge on any atom is 0.124 e. The lowest BCUT2D eigenvalue weighted by Gasteiger charge is -2.25. The average molecular weight is 327 g/mol. The highest BCUT2D eigenvalue weighted by Gasteiger charge is 2.26. The first-order valence-corrected chi connectivity index (χ1v) is 8.26. The van der Waals surface area contributed by atoms with Crippen molar-refractivity contribution in [1.82, 2.24) is 9.88 Å². The van der Waals surface area contributed by atoms with Gasteiger partial charge in [0.1, 0.15) is 11.5 Å². The number of anilines is 1. The van der Waals surface area contributed by atoms with Gasteiger partial charge in [-0.15, -0.1) is 0 Å². The number of ether oxygens (including phenoxy) is 2. The van der Waals surface area contributed by atoms with Crippen LogP contribution in [0.15, 0.2) is 42.7 Å². The molecule has 1 aliphatic rings. The molecule has 1 atom stereocenters. The summed E-state index contributed by atoms with van der Waals surface area (Å²) in [5, 5.41) is 0. The van der Waals surface area contributed by atoms with Crippen molar-refractivity contribution in [3.05, 3.63) is 48.3 Å². The van der Waals surface area contributed by atoms with E-state index in [0.717, 1.165) is 43.2 Å². The molecule has 0 unspecified atom stereocenters. The minimum Gasteiger partial charge on any atom is -0.497 e. The lowest BCUT2D eigenvalue weighted by Crippen LogP contribution is -2.34. The number of methoxy groups -OCH3 is 2. The number of hydrogen-bond donors (Lipinski definition) is 0. The molecule has 1 aromatic heterocycles. The third kappa shape index (κ3) is 3.79. The van der Waals surface area contributed by atoms with E-state index in [-0.39, 0.29) is 0 Å². The van der Waals surface area contributed by atoms with Crippen LogP contribution in [-0.2, 0) is 6.54 Å². The summed E-state index contributed by atoms with van der Waals surface area (Å²) < 4.78 is 10.8. The van der Waals surface area contributed by atoms with Gasteiger partial charge in [0.25, 0.3) is 0 Å². The molecule has 1 aliphatic heterocycles. The molecule has 0 radical (unpaired) electrons. The van der Waals surface area contributed by atoms with Gasteiger partial charge in [-0.3, -0.25) is 9.88 Å². The van der Waals surface area contributed by atoms with Gasteiger partial charge in [-0.05, 0) is 25.1 Å². The third-order valence-electron chi connectivity index (χ3n) is 4.64. The fraction of sp³-hybridized carbons (Fsp3) is 0.421. The monoisotopic (exact) mass is 327 g/mol. The summed E-state index contributed by atoms with van der Waals surface area (Å²) in [5.41, 5.74) is 2.41. The molecule has 0 aliphatic carbocycles. The quantitative estimate of drug-likeness (QED) is 0.816. The van der Waals surface area contributed by atoms with Gasteiger partial charge >= 0.3 is 0 Å². The number of rotatable bonds is 6. The molecule has 2 heterocycles. The first-order valence-electron chi connectivity index (χ1n) is 8.26. The molecule has 0 N–H and O–H groups in total. The topological polar surface area (TPSA) is 37.8 Å². The van der Waals surface area contributed by atoms with Crippen molar-refractivity contribution >= 4 is 5.69 Å². The third-order valence-corrected chi connectivity index (χ3v) is 4.64. The van der Waals surface area contributed by atoms with Crippen LogP contribution in [0.2, 0.25) is 0 Å². The number of nitrogens with zero attached hydrogens (tertiary/aromatic N) is 3. The maximum absolute atomic E-state index is 5.39. The Morgan fingerprint density at radius 3 is 2.58 bits per heavy atom. The van der Waals surface area contributed by atoms with Crippen LogP contribution in [0, 0.1) is 0 Å². The van der Waals surface area contributed by atoms with E-state index in [1.807, 2.05) is 24.5 Å². The zero-order chi connectivity index (χ0) is 16.9. The Morgan fingerprint density at radius 2 is 1.96 bits per heavy atom. The van der Waals surface area contributed by atoms with E-state index in [0.29, 0.717) is 6.04 Å². The van der Waals surface area contributed by atoms with Gasteiger partial charge in [0, 0.05) is 62.0 Å². The molecule has 24 heavy (non-hydrogen) atoms. The van der Waals surface area contributed by atoms with Gasteiger partial charge in [0.05, 0.1) is 14.2 Å². The summed E-state index contributed by atoms with van der Waals surface area (Å²) in [6.45, 7) is 2.97. The maximum atomic E-state index is 5.39. The number of hydrogen-bond acceptors (Lipinski definition) is 5. The Labute approximate surface area is 143 Å². The molecule has 1 fully saturated rings. The molecule has 0 amide bonds. The van der Waals surface area contributed by atoms with Gasteiger partial charge in [-0.25, -0.2) is 0 Å². The molecule has 0 spiro atoms. The van der Waals surface area contributed by atoms with Crippen LogP contribution in [0.3, 0.4) is 0 Å². The fourth-order valence-corrected chi connectivity index (χ4v) is 3.22. The van der Waals surface area contributed by atoms with E-state index in [4.69, 9.17) is 9.47 Å². The summed E-state index contributed by atoms with van der Waals surface area (Å²) in [7, 11) is 5.56. The first-order chi connectivity index (χ1) is 11.7. The zero-order valence-corrected chi connectivity index (χ0v) is 14.6. The van der Waals surface area contributed by atoms with Gasteiger partial charge in [-0.2, -0.15) is 0 Å². The minimum absolute atomic E-state index is 0.530. The minimum atomic E-state index is 0.530. The Balaban J connectivity index is 1.66. The van der Waals surface area contributed by atoms with Gasteiger partial charge in [-0.1, -0.05) is 6.07 Å². The van der Waals surface area contributed by atoms with Crippen molar-refractivity contribution in [2.24, 2.45) is 0 Å². The predicted octanol–water partition coefficient (Wildman–Crippen LogP) is 2.81. The summed E-state index contributed by atoms with van der Waals surface area (Å²) in [4.78, 5) is 9.01. The lowest BCUT2D eigenvalue weighted by atomic mass is 10.2. The SMILES string of the molecule is COc1cc(OC)cc(N2CC[C@H](N(C)Cc3cccnc3)C2)c1. The molecule has 2 aromatic rings. The van der Waals surface area contributed by atoms with E-state index in [2.05, 4.69) is 40.0 Å². The van der Waals surface area contributed by atoms with Crippen molar-refractivity contribution in [3.63, 3.8) is 0 Å². The molecule has 0 bridgehead atoms. The van der Waals surface area contributed by atoms with Crippen LogP contribution in [0.1, 0.15) is 12.0 Å². The van der Waals surface area contributed by atoms with E-state index in [1.54, 1.807) is 14.2 Å². The molecule has 5 heteroatoms. The Hall–Kier alpha value is -2.27. The summed E-state index contributed by atoms with van der Waals surface area (Å²) in [5.74, 6) is 1.66. The largest absolute Gasteiger partial charge is 0.497 e. The van der Waals surface area contributed by atoms with E-state index in [1.165, 1.54) is 5.56 Å². The molecular formula is C19H25N3O2. The Bertz CT molecular complexity index is 641. The fourth-order valence-electron chi connectivity index (χ4n) is 3.22. The van der Waals surface area contributed by atoms with Gasteiger partial charge in [0.15, 0.2) is 0 Å². The molecule has 0 saturated carbocycles. The zero-order valence-electron chi connectivity index (χ0n) is 14.6. The molecule has 5 nitrogen and oxygen atoms in total. The number of aromatic nitrogens is 1. The van der Waals surface area contributed by atoms with Crippen molar-refractivity contribution in [2.45, 2.75) is 19.0 Å². The number of pyridine rings is 1. The summed E-state index contributed by atoms with van der Waals surface area (Å²) in [6.07, 6.45) is 4.91. The second-order valence-corrected chi connectivity index (χ2v) is 6.24. The first kappa shape index (κ1) is 16.6. The second kappa shape index (κ2) is 7.53. The highest BCUT2D eigenvalue weighted by atomic mass is 16.5. The average Bonchev–Trinajstić information content (AvgIpc) is 3.12. The highest BCUT2D eigenvalue weighted by molar-refractivity contribution is 5.56. The van der Waals surface area contributed by atoms with E-state index < -0.39 is 0 Å². The smallest absolute Gasteiger partial charge is 0.124 e. The second-order valence-electron chi connectivity index (χ2n) is 6.24. The summed E-state index contributed by atoms with van der Waals surface area (Å²) in [6, 6.07) is 10.7. The van der Waals surface area contributed by atoms with Crippen molar-refractivity contribution in [3.8, 4) is 11.5 Å². The van der Waals surface area contributed by atoms with Crippen LogP contribution in [0.25, 0.3) is 0 Å². The van der Waals surface area contributed by atoms with Crippen LogP contribution in [0.4, 0.5) is 5.69 Å². The van der Waals surface area contributed by atoms with Crippen molar-refractivity contribution < 1.29 is 9.47 Å². The highest BCUT2D eigenvalue weighted by Crippen LogP contribution is 2.31. The van der Waals surface area contributed by atoms with Crippen LogP contribution in [0.5, 0.6) is 11.5 Å². The van der Waals surface area contributed by atoms with Crippen molar-refractivity contribution in [2.75, 3.05) is 39.3 Å². The molecule has 128 valence electrons. The van der Waals surface area contributed by atoms with Crippen LogP contribution in [-0.4, -0.2) is 50.3 Å². The standard InChI is InChI=1S/C19H25N3O2/c1-21(13-15-5-4-7-20-12-15)16-6-8-22(14-16)17-9-18(23-2)11-19(10-17)24-3/h4-5,7,9-12,16H,6,8,13-14H2,1-3H3/t16-/m0/s1.